The van der Waals surface area contributed by atoms with Crippen molar-refractivity contribution in [1.82, 2.24) is 9.88 Å². The van der Waals surface area contributed by atoms with Gasteiger partial charge in [0.1, 0.15) is 12.4 Å². The summed E-state index contributed by atoms with van der Waals surface area (Å²) in [4.78, 5) is 18.9. The van der Waals surface area contributed by atoms with Gasteiger partial charge in [0.05, 0.1) is 18.2 Å². The van der Waals surface area contributed by atoms with Gasteiger partial charge in [0.15, 0.2) is 0 Å². The highest BCUT2D eigenvalue weighted by Gasteiger charge is 2.27. The summed E-state index contributed by atoms with van der Waals surface area (Å²) in [5, 5.41) is 3.83. The van der Waals surface area contributed by atoms with E-state index in [0.717, 1.165) is 28.0 Å². The number of aromatic nitrogens is 1. The zero-order valence-electron chi connectivity index (χ0n) is 13.9. The Balaban J connectivity index is 1.68. The van der Waals surface area contributed by atoms with E-state index < -0.39 is 0 Å². The van der Waals surface area contributed by atoms with E-state index in [9.17, 15) is 4.79 Å². The summed E-state index contributed by atoms with van der Waals surface area (Å²) in [6.45, 7) is 3.06. The van der Waals surface area contributed by atoms with E-state index in [0.29, 0.717) is 13.2 Å². The van der Waals surface area contributed by atoms with Gasteiger partial charge in [-0.2, -0.15) is 11.3 Å². The maximum Gasteiger partial charge on any atom is 0.255 e. The zero-order chi connectivity index (χ0) is 17.2. The van der Waals surface area contributed by atoms with Crippen LogP contribution in [0.25, 0.3) is 11.1 Å². The summed E-state index contributed by atoms with van der Waals surface area (Å²) >= 11 is 1.54. The van der Waals surface area contributed by atoms with E-state index in [4.69, 9.17) is 4.74 Å². The van der Waals surface area contributed by atoms with E-state index in [1.54, 1.807) is 6.20 Å². The minimum absolute atomic E-state index is 0.0154. The van der Waals surface area contributed by atoms with Crippen molar-refractivity contribution in [2.24, 2.45) is 0 Å². The standard InChI is InChI=1S/C20H18N2O2S/c1-14-12-24-19-5-4-15(16-3-2-7-21-10-16)9-18(19)11-22(14)20(23)17-6-8-25-13-17/h2-10,13-14H,11-12H2,1H3/t14-/m0/s1. The van der Waals surface area contributed by atoms with Crippen molar-refractivity contribution < 1.29 is 9.53 Å². The third-order valence-corrected chi connectivity index (χ3v) is 5.12. The second-order valence-electron chi connectivity index (χ2n) is 6.17. The second-order valence-corrected chi connectivity index (χ2v) is 6.95. The van der Waals surface area contributed by atoms with E-state index in [1.807, 2.05) is 59.1 Å². The number of benzene rings is 1. The molecule has 0 bridgehead atoms. The zero-order valence-corrected chi connectivity index (χ0v) is 14.7. The molecule has 1 atom stereocenters. The summed E-state index contributed by atoms with van der Waals surface area (Å²) in [7, 11) is 0. The molecule has 0 spiro atoms. The van der Waals surface area contributed by atoms with Crippen LogP contribution in [0.1, 0.15) is 22.8 Å². The SMILES string of the molecule is C[C@H]1COc2ccc(-c3cccnc3)cc2CN1C(=O)c1ccsc1. The monoisotopic (exact) mass is 350 g/mol. The van der Waals surface area contributed by atoms with Crippen molar-refractivity contribution in [2.45, 2.75) is 19.5 Å². The van der Waals surface area contributed by atoms with E-state index >= 15 is 0 Å². The van der Waals surface area contributed by atoms with Gasteiger partial charge in [-0.1, -0.05) is 12.1 Å². The molecule has 0 radical (unpaired) electrons. The Morgan fingerprint density at radius 2 is 2.20 bits per heavy atom. The quantitative estimate of drug-likeness (QED) is 0.694. The van der Waals surface area contributed by atoms with Crippen molar-refractivity contribution in [3.05, 3.63) is 70.7 Å². The number of ether oxygens (including phenoxy) is 1. The van der Waals surface area contributed by atoms with E-state index in [2.05, 4.69) is 11.1 Å². The van der Waals surface area contributed by atoms with Gasteiger partial charge < -0.3 is 9.64 Å². The molecule has 4 rings (SSSR count). The molecule has 4 nitrogen and oxygen atoms in total. The number of fused-ring (bicyclic) bond motifs is 1. The van der Waals surface area contributed by atoms with Gasteiger partial charge in [-0.05, 0) is 42.1 Å². The summed E-state index contributed by atoms with van der Waals surface area (Å²) in [5.74, 6) is 0.900. The molecule has 126 valence electrons. The van der Waals surface area contributed by atoms with Gasteiger partial charge in [-0.3, -0.25) is 9.78 Å². The number of amides is 1. The van der Waals surface area contributed by atoms with Crippen LogP contribution in [-0.4, -0.2) is 28.4 Å². The Morgan fingerprint density at radius 3 is 2.96 bits per heavy atom. The van der Waals surface area contributed by atoms with Crippen molar-refractivity contribution >= 4 is 17.2 Å². The third kappa shape index (κ3) is 3.15. The van der Waals surface area contributed by atoms with Crippen LogP contribution >= 0.6 is 11.3 Å². The lowest BCUT2D eigenvalue weighted by Gasteiger charge is -2.26. The topological polar surface area (TPSA) is 42.4 Å². The molecule has 0 saturated heterocycles. The van der Waals surface area contributed by atoms with Gasteiger partial charge in [-0.25, -0.2) is 0 Å². The normalized spacial score (nSPS) is 16.7. The molecule has 25 heavy (non-hydrogen) atoms. The average Bonchev–Trinajstić information content (AvgIpc) is 3.14. The minimum Gasteiger partial charge on any atom is -0.491 e. The number of hydrogen-bond donors (Lipinski definition) is 0. The van der Waals surface area contributed by atoms with Crippen LogP contribution < -0.4 is 4.74 Å². The summed E-state index contributed by atoms with van der Waals surface area (Å²) in [6, 6.07) is 12.0. The Kier molecular flexibility index (Phi) is 4.24. The molecule has 0 saturated carbocycles. The Labute approximate surface area is 150 Å². The maximum atomic E-state index is 12.9. The molecule has 1 aliphatic rings. The van der Waals surface area contributed by atoms with Crippen molar-refractivity contribution in [3.63, 3.8) is 0 Å². The molecular weight excluding hydrogens is 332 g/mol. The Bertz CT molecular complexity index is 878. The average molecular weight is 350 g/mol. The first-order valence-electron chi connectivity index (χ1n) is 8.21. The number of carbonyl (C=O) groups excluding carboxylic acids is 1. The summed E-state index contributed by atoms with van der Waals surface area (Å²) < 4.78 is 5.94. The highest BCUT2D eigenvalue weighted by molar-refractivity contribution is 7.08. The lowest BCUT2D eigenvalue weighted by atomic mass is 10.0. The molecule has 1 aromatic carbocycles. The van der Waals surface area contributed by atoms with Crippen LogP contribution in [0.4, 0.5) is 0 Å². The van der Waals surface area contributed by atoms with Crippen LogP contribution in [0.5, 0.6) is 5.75 Å². The summed E-state index contributed by atoms with van der Waals surface area (Å²) in [5.41, 5.74) is 3.89. The third-order valence-electron chi connectivity index (χ3n) is 4.44. The van der Waals surface area contributed by atoms with Gasteiger partial charge in [0.2, 0.25) is 0 Å². The van der Waals surface area contributed by atoms with Crippen molar-refractivity contribution in [3.8, 4) is 16.9 Å². The Morgan fingerprint density at radius 1 is 1.28 bits per heavy atom. The molecule has 0 N–H and O–H groups in total. The molecule has 0 unspecified atom stereocenters. The van der Waals surface area contributed by atoms with Gasteiger partial charge >= 0.3 is 0 Å². The van der Waals surface area contributed by atoms with Gasteiger partial charge in [0.25, 0.3) is 5.91 Å². The van der Waals surface area contributed by atoms with Crippen LogP contribution in [-0.2, 0) is 6.54 Å². The Hall–Kier alpha value is -2.66. The second kappa shape index (κ2) is 6.69. The number of carbonyl (C=O) groups is 1. The number of nitrogens with zero attached hydrogens (tertiary/aromatic N) is 2. The molecule has 1 amide bonds. The smallest absolute Gasteiger partial charge is 0.255 e. The van der Waals surface area contributed by atoms with Crippen LogP contribution in [0.3, 0.4) is 0 Å². The van der Waals surface area contributed by atoms with Crippen molar-refractivity contribution in [1.29, 1.82) is 0 Å². The minimum atomic E-state index is 0.0154. The summed E-state index contributed by atoms with van der Waals surface area (Å²) in [6.07, 6.45) is 3.61. The molecule has 3 heterocycles. The predicted molar refractivity (Wildman–Crippen MR) is 98.8 cm³/mol. The fraction of sp³-hybridized carbons (Fsp3) is 0.200. The predicted octanol–water partition coefficient (Wildman–Crippen LogP) is 4.23. The largest absolute Gasteiger partial charge is 0.491 e. The number of pyridine rings is 1. The molecule has 1 aliphatic heterocycles. The van der Waals surface area contributed by atoms with Gasteiger partial charge in [0, 0.05) is 28.9 Å². The van der Waals surface area contributed by atoms with Crippen LogP contribution in [0, 0.1) is 0 Å². The number of hydrogen-bond acceptors (Lipinski definition) is 4. The van der Waals surface area contributed by atoms with E-state index in [-0.39, 0.29) is 11.9 Å². The van der Waals surface area contributed by atoms with Gasteiger partial charge in [-0.15, -0.1) is 0 Å². The maximum absolute atomic E-state index is 12.9. The molecule has 0 fully saturated rings. The highest BCUT2D eigenvalue weighted by Crippen LogP contribution is 2.30. The molecule has 2 aromatic heterocycles. The number of rotatable bonds is 2. The lowest BCUT2D eigenvalue weighted by Crippen LogP contribution is -2.39. The fourth-order valence-electron chi connectivity index (χ4n) is 3.02. The molecular formula is C20H18N2O2S. The first-order valence-corrected chi connectivity index (χ1v) is 9.16. The van der Waals surface area contributed by atoms with E-state index in [1.165, 1.54) is 11.3 Å². The van der Waals surface area contributed by atoms with Crippen LogP contribution in [0.15, 0.2) is 59.6 Å². The molecule has 3 aromatic rings. The molecule has 0 aliphatic carbocycles. The lowest BCUT2D eigenvalue weighted by molar-refractivity contribution is 0.0646. The first kappa shape index (κ1) is 15.8. The van der Waals surface area contributed by atoms with Crippen molar-refractivity contribution in [2.75, 3.05) is 6.61 Å². The highest BCUT2D eigenvalue weighted by atomic mass is 32.1. The number of thiophene rings is 1. The van der Waals surface area contributed by atoms with Crippen LogP contribution in [0.2, 0.25) is 0 Å². The first-order chi connectivity index (χ1) is 12.2. The fourth-order valence-corrected chi connectivity index (χ4v) is 3.65. The molecule has 5 heteroatoms.